The number of nitrogens with zero attached hydrogens (tertiary/aromatic N) is 1. The molecule has 1 aromatic heterocycles. The minimum absolute atomic E-state index is 0.00524. The third-order valence-corrected chi connectivity index (χ3v) is 13.9. The second-order valence-electron chi connectivity index (χ2n) is 16.8. The maximum Gasteiger partial charge on any atom is 0.401 e. The van der Waals surface area contributed by atoms with E-state index >= 15 is 0 Å². The number of rotatable bonds is 3. The van der Waals surface area contributed by atoms with Gasteiger partial charge in [0, 0.05) is 29.9 Å². The van der Waals surface area contributed by atoms with E-state index in [0.717, 1.165) is 57.1 Å². The number of carbonyl (C=O) groups excluding carboxylic acids is 1. The van der Waals surface area contributed by atoms with Gasteiger partial charge >= 0.3 is 6.18 Å². The lowest BCUT2D eigenvalue weighted by molar-refractivity contribution is -0.228. The normalized spacial score (nSPS) is 45.5. The lowest BCUT2D eigenvalue weighted by Crippen LogP contribution is -2.69. The third-order valence-electron chi connectivity index (χ3n) is 13.9. The fourth-order valence-corrected chi connectivity index (χ4v) is 11.9. The van der Waals surface area contributed by atoms with Crippen molar-refractivity contribution in [1.29, 1.82) is 0 Å². The largest absolute Gasteiger partial charge is 0.401 e. The Kier molecular flexibility index (Phi) is 6.18. The van der Waals surface area contributed by atoms with Crippen molar-refractivity contribution in [3.63, 3.8) is 0 Å². The van der Waals surface area contributed by atoms with Crippen LogP contribution in [0.5, 0.6) is 0 Å². The van der Waals surface area contributed by atoms with Gasteiger partial charge in [-0.2, -0.15) is 13.2 Å². The van der Waals surface area contributed by atoms with Gasteiger partial charge in [0.05, 0.1) is 12.7 Å². The van der Waals surface area contributed by atoms with Crippen molar-refractivity contribution in [1.82, 2.24) is 10.5 Å². The van der Waals surface area contributed by atoms with Gasteiger partial charge in [-0.3, -0.25) is 4.79 Å². The van der Waals surface area contributed by atoms with Gasteiger partial charge in [-0.1, -0.05) is 53.6 Å². The molecule has 224 valence electrons. The van der Waals surface area contributed by atoms with E-state index in [2.05, 4.69) is 58.9 Å². The SMILES string of the molecule is CC1(C)CC[C@]2(CNCC(F)(F)F)CC[C@]3(C)[C@H](C(=O)C[C@@H]4[C@@]5(C)Cc6cnoc6C(C)(C)[C@@H]5CC[C@]43C)[C@@H]2C1. The fourth-order valence-electron chi connectivity index (χ4n) is 11.9. The Hall–Kier alpha value is -1.37. The first kappa shape index (κ1) is 28.7. The molecule has 7 heteroatoms. The molecular formula is C33H49F3N2O2. The van der Waals surface area contributed by atoms with E-state index in [9.17, 15) is 18.0 Å². The van der Waals surface area contributed by atoms with E-state index in [1.807, 2.05) is 6.20 Å². The van der Waals surface area contributed by atoms with Gasteiger partial charge in [-0.15, -0.1) is 0 Å². The van der Waals surface area contributed by atoms with Gasteiger partial charge in [0.1, 0.15) is 11.5 Å². The molecule has 4 saturated carbocycles. The smallest absolute Gasteiger partial charge is 0.361 e. The van der Waals surface area contributed by atoms with Crippen LogP contribution in [0.25, 0.3) is 0 Å². The predicted octanol–water partition coefficient (Wildman–Crippen LogP) is 7.90. The number of Topliss-reactive ketones (excluding diaryl/α,β-unsaturated/α-hetero) is 1. The fraction of sp³-hybridized carbons (Fsp3) is 0.879. The van der Waals surface area contributed by atoms with Crippen molar-refractivity contribution in [2.24, 2.45) is 50.7 Å². The van der Waals surface area contributed by atoms with Crippen LogP contribution in [0.1, 0.15) is 111 Å². The Morgan fingerprint density at radius 3 is 2.38 bits per heavy atom. The first-order chi connectivity index (χ1) is 18.4. The van der Waals surface area contributed by atoms with Gasteiger partial charge in [-0.05, 0) is 96.2 Å². The van der Waals surface area contributed by atoms with Crippen molar-refractivity contribution >= 4 is 5.78 Å². The zero-order chi connectivity index (χ0) is 29.1. The summed E-state index contributed by atoms with van der Waals surface area (Å²) in [6.45, 7) is 15.9. The van der Waals surface area contributed by atoms with E-state index in [-0.39, 0.29) is 50.2 Å². The minimum Gasteiger partial charge on any atom is -0.361 e. The highest BCUT2D eigenvalue weighted by Gasteiger charge is 2.72. The standard InChI is InChI=1S/C33H49F3N2O2/c1-27(2)10-12-32(18-37-19-33(34,35)36)13-11-31(7)25(21(32)16-27)22(39)14-24-29(5)15-20-17-38-40-26(20)28(3,4)23(29)8-9-30(24,31)6/h17,21,23-25,37H,8-16,18-19H2,1-7H3/t21-,23-,24+,25-,29-,30+,31+,32+/m0/s1. The van der Waals surface area contributed by atoms with Crippen LogP contribution in [0.2, 0.25) is 0 Å². The molecular weight excluding hydrogens is 513 g/mol. The first-order valence-electron chi connectivity index (χ1n) is 15.6. The summed E-state index contributed by atoms with van der Waals surface area (Å²) in [5.41, 5.74) is 0.708. The maximum atomic E-state index is 14.6. The Bertz CT molecular complexity index is 1190. The summed E-state index contributed by atoms with van der Waals surface area (Å²) in [6, 6.07) is 0. The summed E-state index contributed by atoms with van der Waals surface area (Å²) < 4.78 is 45.3. The summed E-state index contributed by atoms with van der Waals surface area (Å²) in [5.74, 6) is 2.11. The molecule has 1 aromatic rings. The Labute approximate surface area is 238 Å². The average molecular weight is 563 g/mol. The van der Waals surface area contributed by atoms with E-state index in [1.165, 1.54) is 5.56 Å². The molecule has 1 heterocycles. The minimum atomic E-state index is -4.23. The molecule has 0 aromatic carbocycles. The molecule has 0 bridgehead atoms. The Morgan fingerprint density at radius 2 is 1.68 bits per heavy atom. The predicted molar refractivity (Wildman–Crippen MR) is 149 cm³/mol. The van der Waals surface area contributed by atoms with Crippen LogP contribution >= 0.6 is 0 Å². The van der Waals surface area contributed by atoms with Crippen LogP contribution in [0, 0.1) is 50.7 Å². The van der Waals surface area contributed by atoms with Gasteiger partial charge in [0.25, 0.3) is 0 Å². The molecule has 8 atom stereocenters. The van der Waals surface area contributed by atoms with Crippen LogP contribution < -0.4 is 5.32 Å². The van der Waals surface area contributed by atoms with Gasteiger partial charge in [-0.25, -0.2) is 0 Å². The first-order valence-corrected chi connectivity index (χ1v) is 15.6. The van der Waals surface area contributed by atoms with E-state index in [0.29, 0.717) is 24.7 Å². The molecule has 0 unspecified atom stereocenters. The summed E-state index contributed by atoms with van der Waals surface area (Å²) in [6.07, 6.45) is 5.99. The van der Waals surface area contributed by atoms with Crippen molar-refractivity contribution in [2.45, 2.75) is 118 Å². The van der Waals surface area contributed by atoms with Crippen molar-refractivity contribution in [2.75, 3.05) is 13.1 Å². The zero-order valence-corrected chi connectivity index (χ0v) is 25.6. The molecule has 0 radical (unpaired) electrons. The molecule has 40 heavy (non-hydrogen) atoms. The number of fused-ring (bicyclic) bond motifs is 8. The molecule has 4 fully saturated rings. The van der Waals surface area contributed by atoms with E-state index in [4.69, 9.17) is 4.52 Å². The molecule has 1 N–H and O–H groups in total. The van der Waals surface area contributed by atoms with Gasteiger partial charge < -0.3 is 9.84 Å². The highest BCUT2D eigenvalue weighted by atomic mass is 19.4. The van der Waals surface area contributed by atoms with Gasteiger partial charge in [0.2, 0.25) is 0 Å². The zero-order valence-electron chi connectivity index (χ0n) is 25.6. The Morgan fingerprint density at radius 1 is 0.975 bits per heavy atom. The second-order valence-corrected chi connectivity index (χ2v) is 16.8. The summed E-state index contributed by atoms with van der Waals surface area (Å²) in [4.78, 5) is 14.6. The van der Waals surface area contributed by atoms with E-state index < -0.39 is 12.7 Å². The average Bonchev–Trinajstić information content (AvgIpc) is 3.29. The molecule has 5 aliphatic rings. The number of aromatic nitrogens is 1. The quantitative estimate of drug-likeness (QED) is 0.407. The number of carbonyl (C=O) groups is 1. The summed E-state index contributed by atoms with van der Waals surface area (Å²) in [7, 11) is 0. The van der Waals surface area contributed by atoms with Gasteiger partial charge in [0.15, 0.2) is 0 Å². The number of nitrogens with one attached hydrogen (secondary N) is 1. The van der Waals surface area contributed by atoms with Crippen LogP contribution in [0.4, 0.5) is 13.2 Å². The molecule has 0 amide bonds. The summed E-state index contributed by atoms with van der Waals surface area (Å²) in [5, 5.41) is 7.00. The van der Waals surface area contributed by atoms with Crippen molar-refractivity contribution in [3.8, 4) is 0 Å². The third kappa shape index (κ3) is 3.87. The number of halogens is 3. The number of hydrogen-bond acceptors (Lipinski definition) is 4. The van der Waals surface area contributed by atoms with E-state index in [1.54, 1.807) is 0 Å². The topological polar surface area (TPSA) is 55.1 Å². The second kappa shape index (κ2) is 8.60. The number of ketones is 1. The molecule has 0 aliphatic heterocycles. The molecule has 4 nitrogen and oxygen atoms in total. The maximum absolute atomic E-state index is 14.6. The number of hydrogen-bond donors (Lipinski definition) is 1. The van der Waals surface area contributed by atoms with Crippen LogP contribution in [0.15, 0.2) is 10.7 Å². The number of alkyl halides is 3. The lowest BCUT2D eigenvalue weighted by Gasteiger charge is -2.72. The Balaban J connectivity index is 1.38. The van der Waals surface area contributed by atoms with Crippen molar-refractivity contribution in [3.05, 3.63) is 17.5 Å². The highest BCUT2D eigenvalue weighted by molar-refractivity contribution is 5.84. The molecule has 5 aliphatic carbocycles. The highest BCUT2D eigenvalue weighted by Crippen LogP contribution is 2.76. The van der Waals surface area contributed by atoms with Crippen molar-refractivity contribution < 1.29 is 22.5 Å². The van der Waals surface area contributed by atoms with Crippen LogP contribution in [-0.4, -0.2) is 30.2 Å². The monoisotopic (exact) mass is 562 g/mol. The summed E-state index contributed by atoms with van der Waals surface area (Å²) >= 11 is 0. The van der Waals surface area contributed by atoms with Crippen LogP contribution in [0.3, 0.4) is 0 Å². The molecule has 6 rings (SSSR count). The lowest BCUT2D eigenvalue weighted by atomic mass is 9.31. The van der Waals surface area contributed by atoms with Crippen LogP contribution in [-0.2, 0) is 16.6 Å². The molecule has 0 saturated heterocycles. The molecule has 0 spiro atoms.